The number of hydrogen-bond donors (Lipinski definition) is 1. The summed E-state index contributed by atoms with van der Waals surface area (Å²) in [5, 5.41) is 5.87. The minimum Gasteiger partial charge on any atom is -0.380 e. The lowest BCUT2D eigenvalue weighted by molar-refractivity contribution is 1.15. The second-order valence-corrected chi connectivity index (χ2v) is 5.31. The Labute approximate surface area is 127 Å². The first-order chi connectivity index (χ1) is 9.74. The summed E-state index contributed by atoms with van der Waals surface area (Å²) >= 11 is 12.2. The highest BCUT2D eigenvalue weighted by Gasteiger charge is 2.04. The van der Waals surface area contributed by atoms with E-state index in [-0.39, 0.29) is 0 Å². The number of halogens is 2. The van der Waals surface area contributed by atoms with Crippen molar-refractivity contribution in [3.63, 3.8) is 0 Å². The lowest BCUT2D eigenvalue weighted by atomic mass is 10.1. The van der Waals surface area contributed by atoms with Crippen molar-refractivity contribution in [3.8, 4) is 0 Å². The van der Waals surface area contributed by atoms with Crippen LogP contribution in [0.4, 0.5) is 5.69 Å². The molecule has 1 heterocycles. The van der Waals surface area contributed by atoms with Gasteiger partial charge in [-0.05, 0) is 48.0 Å². The first-order valence-corrected chi connectivity index (χ1v) is 7.01. The van der Waals surface area contributed by atoms with Gasteiger partial charge >= 0.3 is 0 Å². The Bertz CT molecular complexity index is 751. The summed E-state index contributed by atoms with van der Waals surface area (Å²) in [5.74, 6) is 0. The molecule has 0 bridgehead atoms. The van der Waals surface area contributed by atoms with E-state index in [1.807, 2.05) is 42.5 Å². The molecule has 0 aliphatic rings. The average molecular weight is 303 g/mol. The Morgan fingerprint density at radius 1 is 1.00 bits per heavy atom. The number of nitrogens with zero attached hydrogens (tertiary/aromatic N) is 1. The molecular weight excluding hydrogens is 291 g/mol. The van der Waals surface area contributed by atoms with E-state index in [9.17, 15) is 0 Å². The molecule has 20 heavy (non-hydrogen) atoms. The minimum atomic E-state index is 0.618. The van der Waals surface area contributed by atoms with E-state index in [2.05, 4.69) is 10.3 Å². The van der Waals surface area contributed by atoms with Gasteiger partial charge in [-0.3, -0.25) is 4.98 Å². The first kappa shape index (κ1) is 13.2. The van der Waals surface area contributed by atoms with Gasteiger partial charge in [0.25, 0.3) is 0 Å². The molecule has 2 nitrogen and oxygen atoms in total. The fourth-order valence-electron chi connectivity index (χ4n) is 2.13. The van der Waals surface area contributed by atoms with E-state index in [4.69, 9.17) is 23.2 Å². The number of aromatic nitrogens is 1. The van der Waals surface area contributed by atoms with E-state index >= 15 is 0 Å². The van der Waals surface area contributed by atoms with E-state index in [1.54, 1.807) is 12.3 Å². The van der Waals surface area contributed by atoms with Crippen LogP contribution in [0.15, 0.2) is 54.7 Å². The molecule has 0 spiro atoms. The maximum absolute atomic E-state index is 6.17. The van der Waals surface area contributed by atoms with Crippen LogP contribution < -0.4 is 5.32 Å². The van der Waals surface area contributed by atoms with Gasteiger partial charge in [0.15, 0.2) is 0 Å². The van der Waals surface area contributed by atoms with Crippen LogP contribution in [-0.2, 0) is 6.54 Å². The summed E-state index contributed by atoms with van der Waals surface area (Å²) < 4.78 is 0. The standard InChI is InChI=1S/C16H12Cl2N2/c17-12-6-7-14(18)11(9-12)10-20-16-5-1-4-15-13(16)3-2-8-19-15/h1-9,20H,10H2. The summed E-state index contributed by atoms with van der Waals surface area (Å²) in [6.45, 7) is 0.618. The van der Waals surface area contributed by atoms with Crippen LogP contribution in [0.1, 0.15) is 5.56 Å². The Morgan fingerprint density at radius 3 is 2.80 bits per heavy atom. The lowest BCUT2D eigenvalue weighted by Gasteiger charge is -2.10. The molecule has 3 aromatic rings. The monoisotopic (exact) mass is 302 g/mol. The topological polar surface area (TPSA) is 24.9 Å². The Hall–Kier alpha value is -1.77. The molecule has 1 aromatic heterocycles. The van der Waals surface area contributed by atoms with Crippen molar-refractivity contribution in [1.29, 1.82) is 0 Å². The summed E-state index contributed by atoms with van der Waals surface area (Å²) in [6, 6.07) is 15.5. The van der Waals surface area contributed by atoms with Crippen molar-refractivity contribution in [2.24, 2.45) is 0 Å². The fourth-order valence-corrected chi connectivity index (χ4v) is 2.51. The van der Waals surface area contributed by atoms with Crippen LogP contribution in [0.3, 0.4) is 0 Å². The highest BCUT2D eigenvalue weighted by atomic mass is 35.5. The number of rotatable bonds is 3. The molecule has 4 heteroatoms. The SMILES string of the molecule is Clc1ccc(Cl)c(CNc2cccc3ncccc23)c1. The molecule has 0 amide bonds. The van der Waals surface area contributed by atoms with Crippen LogP contribution in [0.25, 0.3) is 10.9 Å². The predicted molar refractivity (Wildman–Crippen MR) is 85.5 cm³/mol. The zero-order valence-electron chi connectivity index (χ0n) is 10.6. The summed E-state index contributed by atoms with van der Waals surface area (Å²) in [5.41, 5.74) is 2.97. The molecule has 0 saturated heterocycles. The highest BCUT2D eigenvalue weighted by Crippen LogP contribution is 2.25. The number of fused-ring (bicyclic) bond motifs is 1. The molecular formula is C16H12Cl2N2. The van der Waals surface area contributed by atoms with Gasteiger partial charge in [-0.1, -0.05) is 29.3 Å². The van der Waals surface area contributed by atoms with Crippen molar-refractivity contribution in [2.45, 2.75) is 6.54 Å². The van der Waals surface area contributed by atoms with Crippen LogP contribution in [0, 0.1) is 0 Å². The van der Waals surface area contributed by atoms with Crippen LogP contribution >= 0.6 is 23.2 Å². The van der Waals surface area contributed by atoms with E-state index in [0.29, 0.717) is 16.6 Å². The zero-order valence-corrected chi connectivity index (χ0v) is 12.1. The van der Waals surface area contributed by atoms with Gasteiger partial charge in [0.2, 0.25) is 0 Å². The van der Waals surface area contributed by atoms with Gasteiger partial charge in [-0.25, -0.2) is 0 Å². The Morgan fingerprint density at radius 2 is 1.90 bits per heavy atom. The molecule has 3 rings (SSSR count). The third-order valence-electron chi connectivity index (χ3n) is 3.12. The van der Waals surface area contributed by atoms with Crippen LogP contribution in [0.2, 0.25) is 10.0 Å². The molecule has 0 saturated carbocycles. The Balaban J connectivity index is 1.89. The van der Waals surface area contributed by atoms with Crippen LogP contribution in [0.5, 0.6) is 0 Å². The molecule has 0 unspecified atom stereocenters. The third kappa shape index (κ3) is 2.72. The molecule has 0 aliphatic carbocycles. The lowest BCUT2D eigenvalue weighted by Crippen LogP contribution is -2.00. The van der Waals surface area contributed by atoms with Gasteiger partial charge in [-0.2, -0.15) is 0 Å². The molecule has 1 N–H and O–H groups in total. The molecule has 0 radical (unpaired) electrons. The molecule has 2 aromatic carbocycles. The van der Waals surface area contributed by atoms with Gasteiger partial charge in [0.1, 0.15) is 0 Å². The summed E-state index contributed by atoms with van der Waals surface area (Å²) in [7, 11) is 0. The van der Waals surface area contributed by atoms with Gasteiger partial charge < -0.3 is 5.32 Å². The van der Waals surface area contributed by atoms with Crippen molar-refractivity contribution in [2.75, 3.05) is 5.32 Å². The maximum Gasteiger partial charge on any atom is 0.0722 e. The smallest absolute Gasteiger partial charge is 0.0722 e. The first-order valence-electron chi connectivity index (χ1n) is 6.25. The summed E-state index contributed by atoms with van der Waals surface area (Å²) in [4.78, 5) is 4.34. The molecule has 0 aliphatic heterocycles. The number of anilines is 1. The van der Waals surface area contributed by atoms with Crippen molar-refractivity contribution >= 4 is 39.8 Å². The third-order valence-corrected chi connectivity index (χ3v) is 3.73. The maximum atomic E-state index is 6.17. The van der Waals surface area contributed by atoms with Crippen molar-refractivity contribution in [3.05, 3.63) is 70.3 Å². The second-order valence-electron chi connectivity index (χ2n) is 4.46. The van der Waals surface area contributed by atoms with E-state index in [1.165, 1.54) is 0 Å². The molecule has 0 atom stereocenters. The zero-order chi connectivity index (χ0) is 13.9. The quantitative estimate of drug-likeness (QED) is 0.723. The number of hydrogen-bond acceptors (Lipinski definition) is 2. The van der Waals surface area contributed by atoms with Crippen LogP contribution in [-0.4, -0.2) is 4.98 Å². The average Bonchev–Trinajstić information content (AvgIpc) is 2.48. The van der Waals surface area contributed by atoms with Crippen molar-refractivity contribution in [1.82, 2.24) is 4.98 Å². The van der Waals surface area contributed by atoms with Gasteiger partial charge in [-0.15, -0.1) is 0 Å². The predicted octanol–water partition coefficient (Wildman–Crippen LogP) is 5.15. The molecule has 0 fully saturated rings. The molecule has 100 valence electrons. The number of benzene rings is 2. The largest absolute Gasteiger partial charge is 0.380 e. The van der Waals surface area contributed by atoms with E-state index in [0.717, 1.165) is 22.2 Å². The van der Waals surface area contributed by atoms with Gasteiger partial charge in [0.05, 0.1) is 5.52 Å². The summed E-state index contributed by atoms with van der Waals surface area (Å²) in [6.07, 6.45) is 1.79. The van der Waals surface area contributed by atoms with Crippen molar-refractivity contribution < 1.29 is 0 Å². The normalized spacial score (nSPS) is 10.7. The van der Waals surface area contributed by atoms with E-state index < -0.39 is 0 Å². The number of nitrogens with one attached hydrogen (secondary N) is 1. The second kappa shape index (κ2) is 5.70. The van der Waals surface area contributed by atoms with Gasteiger partial charge in [0, 0.05) is 33.9 Å². The minimum absolute atomic E-state index is 0.618. The highest BCUT2D eigenvalue weighted by molar-refractivity contribution is 6.33. The fraction of sp³-hybridized carbons (Fsp3) is 0.0625. The Kier molecular flexibility index (Phi) is 3.77. The number of pyridine rings is 1.